The van der Waals surface area contributed by atoms with Crippen molar-refractivity contribution < 1.29 is 29.1 Å². The molecule has 38 heavy (non-hydrogen) atoms. The van der Waals surface area contributed by atoms with E-state index in [1.54, 1.807) is 20.0 Å². The van der Waals surface area contributed by atoms with Gasteiger partial charge < -0.3 is 37.5 Å². The summed E-state index contributed by atoms with van der Waals surface area (Å²) in [5, 5.41) is 18.0. The van der Waals surface area contributed by atoms with Crippen molar-refractivity contribution in [3.63, 3.8) is 0 Å². The van der Waals surface area contributed by atoms with Crippen LogP contribution in [-0.4, -0.2) is 75.9 Å². The third kappa shape index (κ3) is 8.77. The fourth-order valence-electron chi connectivity index (χ4n) is 3.75. The molecule has 13 heteroatoms. The van der Waals surface area contributed by atoms with E-state index >= 15 is 0 Å². The van der Waals surface area contributed by atoms with E-state index in [-0.39, 0.29) is 18.8 Å². The van der Waals surface area contributed by atoms with Gasteiger partial charge in [0.2, 0.25) is 23.6 Å². The fraction of sp³-hybridized carbons (Fsp3) is 0.480. The molecule has 2 rings (SSSR count). The molecule has 2 aromatic rings. The van der Waals surface area contributed by atoms with Crippen molar-refractivity contribution in [2.45, 2.75) is 57.3 Å². The van der Waals surface area contributed by atoms with Crippen LogP contribution in [0.1, 0.15) is 32.3 Å². The van der Waals surface area contributed by atoms with Gasteiger partial charge in [-0.25, -0.2) is 4.79 Å². The molecule has 0 saturated carbocycles. The zero-order valence-electron chi connectivity index (χ0n) is 21.7. The first-order valence-corrected chi connectivity index (χ1v) is 13.6. The molecule has 0 aliphatic rings. The summed E-state index contributed by atoms with van der Waals surface area (Å²) in [4.78, 5) is 65.3. The fourth-order valence-corrected chi connectivity index (χ4v) is 4.22. The summed E-state index contributed by atoms with van der Waals surface area (Å²) in [6, 6.07) is 2.66. The van der Waals surface area contributed by atoms with Gasteiger partial charge in [-0.05, 0) is 36.0 Å². The second-order valence-electron chi connectivity index (χ2n) is 9.31. The number of carbonyl (C=O) groups excluding carboxylic acids is 4. The third-order valence-electron chi connectivity index (χ3n) is 6.02. The number of para-hydroxylation sites is 1. The summed E-state index contributed by atoms with van der Waals surface area (Å²) in [6.45, 7) is 3.53. The van der Waals surface area contributed by atoms with Crippen LogP contribution in [0.25, 0.3) is 10.9 Å². The van der Waals surface area contributed by atoms with Crippen molar-refractivity contribution in [2.75, 3.05) is 12.0 Å². The van der Waals surface area contributed by atoms with Gasteiger partial charge in [-0.2, -0.15) is 11.8 Å². The molecular weight excluding hydrogens is 512 g/mol. The highest BCUT2D eigenvalue weighted by Crippen LogP contribution is 2.19. The highest BCUT2D eigenvalue weighted by atomic mass is 32.2. The number of hydrogen-bond donors (Lipinski definition) is 7. The second kappa shape index (κ2) is 14.4. The maximum atomic E-state index is 13.1. The zero-order chi connectivity index (χ0) is 28.4. The maximum Gasteiger partial charge on any atom is 0.326 e. The first kappa shape index (κ1) is 30.6. The summed E-state index contributed by atoms with van der Waals surface area (Å²) in [5.41, 5.74) is 12.7. The van der Waals surface area contributed by atoms with Crippen molar-refractivity contribution in [2.24, 2.45) is 17.4 Å². The van der Waals surface area contributed by atoms with Crippen molar-refractivity contribution in [1.82, 2.24) is 20.9 Å². The van der Waals surface area contributed by atoms with Crippen LogP contribution in [0.4, 0.5) is 0 Å². The number of aromatic nitrogens is 1. The van der Waals surface area contributed by atoms with Crippen LogP contribution >= 0.6 is 11.8 Å². The van der Waals surface area contributed by atoms with Gasteiger partial charge in [0.25, 0.3) is 0 Å². The number of rotatable bonds is 15. The minimum Gasteiger partial charge on any atom is -0.480 e. The molecule has 1 heterocycles. The molecule has 4 unspecified atom stereocenters. The Morgan fingerprint density at radius 1 is 0.974 bits per heavy atom. The summed E-state index contributed by atoms with van der Waals surface area (Å²) < 4.78 is 0. The van der Waals surface area contributed by atoms with Crippen molar-refractivity contribution in [3.8, 4) is 0 Å². The smallest absolute Gasteiger partial charge is 0.326 e. The van der Waals surface area contributed by atoms with Gasteiger partial charge in [0.1, 0.15) is 18.1 Å². The van der Waals surface area contributed by atoms with E-state index < -0.39 is 60.2 Å². The largest absolute Gasteiger partial charge is 0.480 e. The highest BCUT2D eigenvalue weighted by molar-refractivity contribution is 7.98. The Kier molecular flexibility index (Phi) is 11.6. The van der Waals surface area contributed by atoms with Crippen molar-refractivity contribution in [1.29, 1.82) is 0 Å². The predicted molar refractivity (Wildman–Crippen MR) is 145 cm³/mol. The number of H-pyrrole nitrogens is 1. The lowest BCUT2D eigenvalue weighted by atomic mass is 10.0. The average molecular weight is 549 g/mol. The van der Waals surface area contributed by atoms with Crippen LogP contribution in [0.5, 0.6) is 0 Å². The first-order valence-electron chi connectivity index (χ1n) is 12.2. The Labute approximate surface area is 225 Å². The van der Waals surface area contributed by atoms with E-state index in [9.17, 15) is 29.1 Å². The van der Waals surface area contributed by atoms with E-state index in [1.165, 1.54) is 11.8 Å². The Bertz CT molecular complexity index is 1150. The number of nitrogens with one attached hydrogen (secondary N) is 4. The Morgan fingerprint density at radius 2 is 1.58 bits per heavy atom. The van der Waals surface area contributed by atoms with Gasteiger partial charge in [-0.3, -0.25) is 19.2 Å². The van der Waals surface area contributed by atoms with Gasteiger partial charge in [-0.1, -0.05) is 32.0 Å². The molecule has 4 amide bonds. The second-order valence-corrected chi connectivity index (χ2v) is 10.3. The van der Waals surface area contributed by atoms with Gasteiger partial charge in [0.05, 0.1) is 12.5 Å². The van der Waals surface area contributed by atoms with E-state index in [0.29, 0.717) is 11.3 Å². The highest BCUT2D eigenvalue weighted by Gasteiger charge is 2.31. The summed E-state index contributed by atoms with van der Waals surface area (Å²) in [7, 11) is 0. The zero-order valence-corrected chi connectivity index (χ0v) is 22.5. The minimum absolute atomic E-state index is 0.0399. The minimum atomic E-state index is -1.45. The molecule has 208 valence electrons. The Balaban J connectivity index is 2.18. The number of hydrogen-bond acceptors (Lipinski definition) is 7. The number of fused-ring (bicyclic) bond motifs is 1. The molecule has 4 atom stereocenters. The molecule has 1 aromatic heterocycles. The van der Waals surface area contributed by atoms with E-state index in [0.717, 1.165) is 10.9 Å². The standard InChI is InChI=1S/C25H36N6O6S/c1-13(2)21(27)24(35)29-17(8-9-38-3)22(33)30-18(11-20(26)32)23(34)31-19(25(36)37)10-14-12-28-16-7-5-4-6-15(14)16/h4-7,12-13,17-19,21,28H,8-11,27H2,1-3H3,(H2,26,32)(H,29,35)(H,30,33)(H,31,34)(H,36,37). The number of carbonyl (C=O) groups is 5. The van der Waals surface area contributed by atoms with Crippen molar-refractivity contribution >= 4 is 52.3 Å². The van der Waals surface area contributed by atoms with E-state index in [1.807, 2.05) is 30.5 Å². The van der Waals surface area contributed by atoms with Gasteiger partial charge in [0, 0.05) is 23.5 Å². The lowest BCUT2D eigenvalue weighted by Crippen LogP contribution is -2.58. The normalized spacial score (nSPS) is 14.3. The molecule has 0 saturated heterocycles. The number of carboxylic acid groups (broad SMARTS) is 1. The van der Waals surface area contributed by atoms with E-state index in [4.69, 9.17) is 11.5 Å². The number of primary amides is 1. The van der Waals surface area contributed by atoms with Gasteiger partial charge >= 0.3 is 5.97 Å². The van der Waals surface area contributed by atoms with Crippen LogP contribution in [0.3, 0.4) is 0 Å². The van der Waals surface area contributed by atoms with Gasteiger partial charge in [0.15, 0.2) is 0 Å². The summed E-state index contributed by atoms with van der Waals surface area (Å²) >= 11 is 1.46. The number of benzene rings is 1. The maximum absolute atomic E-state index is 13.1. The van der Waals surface area contributed by atoms with Crippen LogP contribution in [0, 0.1) is 5.92 Å². The molecule has 0 bridgehead atoms. The predicted octanol–water partition coefficient (Wildman–Crippen LogP) is -0.139. The SMILES string of the molecule is CSCCC(NC(=O)C(N)C(C)C)C(=O)NC(CC(N)=O)C(=O)NC(Cc1c[nH]c2ccccc12)C(=O)O. The van der Waals surface area contributed by atoms with Crippen LogP contribution < -0.4 is 27.4 Å². The molecule has 0 aliphatic heterocycles. The Morgan fingerprint density at radius 3 is 2.18 bits per heavy atom. The number of amides is 4. The van der Waals surface area contributed by atoms with E-state index in [2.05, 4.69) is 20.9 Å². The lowest BCUT2D eigenvalue weighted by molar-refractivity contribution is -0.142. The monoisotopic (exact) mass is 548 g/mol. The number of aromatic amines is 1. The number of aliphatic carboxylic acids is 1. The number of carboxylic acids is 1. The number of nitrogens with two attached hydrogens (primary N) is 2. The summed E-state index contributed by atoms with van der Waals surface area (Å²) in [5.74, 6) is -3.94. The lowest BCUT2D eigenvalue weighted by Gasteiger charge is -2.25. The first-order chi connectivity index (χ1) is 17.9. The quantitative estimate of drug-likeness (QED) is 0.159. The summed E-state index contributed by atoms with van der Waals surface area (Å²) in [6.07, 6.45) is 3.14. The average Bonchev–Trinajstić information content (AvgIpc) is 3.27. The molecule has 0 spiro atoms. The Hall–Kier alpha value is -3.58. The third-order valence-corrected chi connectivity index (χ3v) is 6.66. The van der Waals surface area contributed by atoms with Crippen LogP contribution in [-0.2, 0) is 30.4 Å². The topological polar surface area (TPSA) is 209 Å². The van der Waals surface area contributed by atoms with Crippen LogP contribution in [0.2, 0.25) is 0 Å². The van der Waals surface area contributed by atoms with Gasteiger partial charge in [-0.15, -0.1) is 0 Å². The molecule has 9 N–H and O–H groups in total. The molecule has 0 fully saturated rings. The molecule has 0 aliphatic carbocycles. The molecule has 0 radical (unpaired) electrons. The molecule has 12 nitrogen and oxygen atoms in total. The number of thioether (sulfide) groups is 1. The van der Waals surface area contributed by atoms with Crippen molar-refractivity contribution in [3.05, 3.63) is 36.0 Å². The molecular formula is C25H36N6O6S. The molecule has 1 aromatic carbocycles. The van der Waals surface area contributed by atoms with Crippen LogP contribution in [0.15, 0.2) is 30.5 Å².